The maximum absolute atomic E-state index is 11.7. The van der Waals surface area contributed by atoms with Crippen LogP contribution in [-0.4, -0.2) is 45.4 Å². The van der Waals surface area contributed by atoms with E-state index in [1.54, 1.807) is 0 Å². The third-order valence-electron chi connectivity index (χ3n) is 3.86. The van der Waals surface area contributed by atoms with E-state index in [4.69, 9.17) is 4.74 Å². The van der Waals surface area contributed by atoms with E-state index in [9.17, 15) is 14.7 Å². The van der Waals surface area contributed by atoms with Crippen molar-refractivity contribution < 1.29 is 19.4 Å². The van der Waals surface area contributed by atoms with Gasteiger partial charge in [-0.25, -0.2) is 0 Å². The second kappa shape index (κ2) is 5.18. The van der Waals surface area contributed by atoms with E-state index < -0.39 is 12.1 Å². The third-order valence-corrected chi connectivity index (χ3v) is 4.94. The number of alkyl halides is 1. The molecule has 6 heteroatoms. The van der Waals surface area contributed by atoms with Gasteiger partial charge in [-0.1, -0.05) is 46.3 Å². The molecule has 1 amide bonds. The van der Waals surface area contributed by atoms with E-state index >= 15 is 0 Å². The van der Waals surface area contributed by atoms with Crippen LogP contribution in [0, 0.1) is 5.92 Å². The topological polar surface area (TPSA) is 66.8 Å². The van der Waals surface area contributed by atoms with Crippen LogP contribution in [0.25, 0.3) is 0 Å². The van der Waals surface area contributed by atoms with Gasteiger partial charge in [-0.2, -0.15) is 0 Å². The van der Waals surface area contributed by atoms with Gasteiger partial charge in [-0.3, -0.25) is 9.59 Å². The van der Waals surface area contributed by atoms with Crippen LogP contribution >= 0.6 is 15.9 Å². The Kier molecular flexibility index (Phi) is 3.52. The zero-order valence-corrected chi connectivity index (χ0v) is 12.2. The summed E-state index contributed by atoms with van der Waals surface area (Å²) in [6.07, 6.45) is -0.635. The van der Waals surface area contributed by atoms with Gasteiger partial charge in [0.25, 0.3) is 0 Å². The number of aliphatic hydroxyl groups excluding tert-OH is 1. The zero-order valence-electron chi connectivity index (χ0n) is 10.6. The number of halogens is 1. The summed E-state index contributed by atoms with van der Waals surface area (Å²) >= 11 is 3.32. The summed E-state index contributed by atoms with van der Waals surface area (Å²) in [5.41, 5.74) is 0.908. The first-order chi connectivity index (χ1) is 9.59. The molecule has 1 N–H and O–H groups in total. The zero-order chi connectivity index (χ0) is 14.3. The molecular weight excluding hydrogens is 326 g/mol. The second-order valence-electron chi connectivity index (χ2n) is 5.06. The molecule has 1 aliphatic carbocycles. The first-order valence-electron chi connectivity index (χ1n) is 6.42. The molecule has 0 aromatic heterocycles. The van der Waals surface area contributed by atoms with Crippen molar-refractivity contribution in [1.29, 1.82) is 0 Å². The lowest BCUT2D eigenvalue weighted by Gasteiger charge is -2.59. The number of likely N-dealkylation sites (tertiary alicyclic amines) is 1. The monoisotopic (exact) mass is 339 g/mol. The van der Waals surface area contributed by atoms with Crippen LogP contribution in [0.15, 0.2) is 30.3 Å². The summed E-state index contributed by atoms with van der Waals surface area (Å²) in [5, 5.41) is 9.57. The Morgan fingerprint density at radius 1 is 1.35 bits per heavy atom. The fourth-order valence-electron chi connectivity index (χ4n) is 2.68. The van der Waals surface area contributed by atoms with Gasteiger partial charge in [-0.05, 0) is 5.56 Å². The highest BCUT2D eigenvalue weighted by Gasteiger charge is 2.65. The van der Waals surface area contributed by atoms with Crippen molar-refractivity contribution in [3.05, 3.63) is 35.9 Å². The van der Waals surface area contributed by atoms with Crippen LogP contribution in [0.3, 0.4) is 0 Å². The minimum absolute atomic E-state index is 0.0539. The number of piperidine rings is 1. The van der Waals surface area contributed by atoms with Gasteiger partial charge < -0.3 is 14.7 Å². The Hall–Kier alpha value is -1.40. The molecule has 3 rings (SSSR count). The number of esters is 1. The van der Waals surface area contributed by atoms with Crippen LogP contribution in [0.1, 0.15) is 5.56 Å². The number of nitrogens with zero attached hydrogens (tertiary/aromatic N) is 1. The van der Waals surface area contributed by atoms with Crippen molar-refractivity contribution in [2.75, 3.05) is 6.54 Å². The number of hydrogen-bond acceptors (Lipinski definition) is 4. The van der Waals surface area contributed by atoms with Crippen molar-refractivity contribution in [3.63, 3.8) is 0 Å². The molecule has 2 fully saturated rings. The van der Waals surface area contributed by atoms with Gasteiger partial charge in [0.05, 0.1) is 22.9 Å². The molecule has 1 saturated heterocycles. The number of carbonyl (C=O) groups is 2. The van der Waals surface area contributed by atoms with Crippen molar-refractivity contribution in [1.82, 2.24) is 4.90 Å². The summed E-state index contributed by atoms with van der Waals surface area (Å²) in [4.78, 5) is 24.8. The Balaban J connectivity index is 1.49. The van der Waals surface area contributed by atoms with Gasteiger partial charge in [0.2, 0.25) is 5.91 Å². The molecule has 4 unspecified atom stereocenters. The Morgan fingerprint density at radius 2 is 2.05 bits per heavy atom. The standard InChI is InChI=1S/C14H14BrNO4/c15-11-12-10(13(11)18)14(19)16(12)6-9(17)20-7-8-4-2-1-3-5-8/h1-5,10-13,18H,6-7H2. The van der Waals surface area contributed by atoms with E-state index in [1.807, 2.05) is 30.3 Å². The predicted octanol–water partition coefficient (Wildman–Crippen LogP) is 0.695. The van der Waals surface area contributed by atoms with Crippen LogP contribution in [0.5, 0.6) is 0 Å². The lowest BCUT2D eigenvalue weighted by molar-refractivity contribution is -0.189. The Labute approximate surface area is 124 Å². The van der Waals surface area contributed by atoms with E-state index in [0.29, 0.717) is 0 Å². The Bertz CT molecular complexity index is 535. The highest BCUT2D eigenvalue weighted by Crippen LogP contribution is 2.46. The Morgan fingerprint density at radius 3 is 2.75 bits per heavy atom. The number of carbonyl (C=O) groups excluding carboxylic acids is 2. The van der Waals surface area contributed by atoms with Gasteiger partial charge in [0.1, 0.15) is 13.2 Å². The van der Waals surface area contributed by atoms with Crippen molar-refractivity contribution in [2.45, 2.75) is 23.6 Å². The molecule has 1 heterocycles. The van der Waals surface area contributed by atoms with Crippen molar-refractivity contribution in [3.8, 4) is 0 Å². The molecule has 106 valence electrons. The second-order valence-corrected chi connectivity index (χ2v) is 6.12. The summed E-state index contributed by atoms with van der Waals surface area (Å²) < 4.78 is 5.14. The molecule has 5 nitrogen and oxygen atoms in total. The largest absolute Gasteiger partial charge is 0.459 e. The number of benzene rings is 1. The van der Waals surface area contributed by atoms with Crippen LogP contribution in [-0.2, 0) is 20.9 Å². The van der Waals surface area contributed by atoms with E-state index in [-0.39, 0.29) is 35.8 Å². The van der Waals surface area contributed by atoms with E-state index in [2.05, 4.69) is 15.9 Å². The predicted molar refractivity (Wildman–Crippen MR) is 74.0 cm³/mol. The molecule has 0 radical (unpaired) electrons. The van der Waals surface area contributed by atoms with E-state index in [1.165, 1.54) is 4.90 Å². The van der Waals surface area contributed by atoms with Crippen molar-refractivity contribution >= 4 is 27.8 Å². The van der Waals surface area contributed by atoms with Crippen LogP contribution in [0.2, 0.25) is 0 Å². The normalized spacial score (nSPS) is 31.1. The highest BCUT2D eigenvalue weighted by molar-refractivity contribution is 9.09. The van der Waals surface area contributed by atoms with Crippen LogP contribution in [0.4, 0.5) is 0 Å². The number of ether oxygens (including phenoxy) is 1. The average Bonchev–Trinajstić information content (AvgIpc) is 2.47. The molecule has 0 spiro atoms. The average molecular weight is 340 g/mol. The number of hydrogen-bond donors (Lipinski definition) is 1. The fraction of sp³-hybridized carbons (Fsp3) is 0.429. The van der Waals surface area contributed by atoms with Gasteiger partial charge in [0.15, 0.2) is 0 Å². The van der Waals surface area contributed by atoms with Crippen LogP contribution < -0.4 is 0 Å². The quantitative estimate of drug-likeness (QED) is 0.498. The molecule has 0 bridgehead atoms. The summed E-state index contributed by atoms with van der Waals surface area (Å²) in [6, 6.07) is 9.30. The summed E-state index contributed by atoms with van der Waals surface area (Å²) in [5.74, 6) is -0.946. The van der Waals surface area contributed by atoms with Gasteiger partial charge in [-0.15, -0.1) is 0 Å². The number of rotatable bonds is 4. The number of fused-ring (bicyclic) bond motifs is 1. The minimum atomic E-state index is -0.635. The third kappa shape index (κ3) is 2.13. The van der Waals surface area contributed by atoms with Gasteiger partial charge in [0, 0.05) is 0 Å². The summed E-state index contributed by atoms with van der Waals surface area (Å²) in [6.45, 7) is 0.151. The number of amides is 1. The maximum Gasteiger partial charge on any atom is 0.325 e. The first kappa shape index (κ1) is 13.6. The molecule has 1 aromatic rings. The molecule has 4 atom stereocenters. The molecule has 1 aromatic carbocycles. The first-order valence-corrected chi connectivity index (χ1v) is 7.33. The minimum Gasteiger partial charge on any atom is -0.459 e. The number of aliphatic hydroxyl groups is 1. The van der Waals surface area contributed by atoms with Gasteiger partial charge >= 0.3 is 5.97 Å². The molecular formula is C14H14BrNO4. The molecule has 2 aliphatic rings. The smallest absolute Gasteiger partial charge is 0.325 e. The summed E-state index contributed by atoms with van der Waals surface area (Å²) in [7, 11) is 0. The maximum atomic E-state index is 11.7. The highest BCUT2D eigenvalue weighted by atomic mass is 79.9. The lowest BCUT2D eigenvalue weighted by Crippen LogP contribution is -2.79. The SMILES string of the molecule is O=C(CN1C(=O)C2C(O)C(Br)C21)OCc1ccccc1. The lowest BCUT2D eigenvalue weighted by atomic mass is 9.68. The van der Waals surface area contributed by atoms with E-state index in [0.717, 1.165) is 5.56 Å². The molecule has 1 aliphatic heterocycles. The molecule has 1 saturated carbocycles. The molecule has 20 heavy (non-hydrogen) atoms. The number of β-lactam (4-membered cyclic amide) rings is 1. The van der Waals surface area contributed by atoms with Crippen molar-refractivity contribution in [2.24, 2.45) is 5.92 Å². The fourth-order valence-corrected chi connectivity index (χ4v) is 3.62.